The molecule has 0 unspecified atom stereocenters. The van der Waals surface area contributed by atoms with E-state index in [1.54, 1.807) is 0 Å². The Kier molecular flexibility index (Phi) is 4.97. The lowest BCUT2D eigenvalue weighted by Crippen LogP contribution is -2.29. The summed E-state index contributed by atoms with van der Waals surface area (Å²) in [7, 11) is 4.00. The van der Waals surface area contributed by atoms with Gasteiger partial charge in [0.2, 0.25) is 0 Å². The van der Waals surface area contributed by atoms with Crippen LogP contribution < -0.4 is 4.90 Å². The lowest BCUT2D eigenvalue weighted by atomic mass is 10.2. The smallest absolute Gasteiger partial charge is 0.317 e. The molecule has 1 aromatic rings. The summed E-state index contributed by atoms with van der Waals surface area (Å²) in [4.78, 5) is 14.6. The first-order valence-electron chi connectivity index (χ1n) is 5.73. The first kappa shape index (κ1) is 13.5. The van der Waals surface area contributed by atoms with Crippen LogP contribution in [0.3, 0.4) is 0 Å². The highest BCUT2D eigenvalue weighted by Crippen LogP contribution is 2.13. The van der Waals surface area contributed by atoms with Crippen molar-refractivity contribution in [2.24, 2.45) is 0 Å². The number of hydrogen-bond donors (Lipinski definition) is 1. The lowest BCUT2D eigenvalue weighted by molar-refractivity contribution is -0.138. The minimum atomic E-state index is -0.781. The quantitative estimate of drug-likeness (QED) is 0.816. The van der Waals surface area contributed by atoms with Gasteiger partial charge >= 0.3 is 5.97 Å². The number of aliphatic carboxylic acids is 1. The van der Waals surface area contributed by atoms with Gasteiger partial charge in [-0.05, 0) is 24.2 Å². The Balaban J connectivity index is 2.64. The average Bonchev–Trinajstić information content (AvgIpc) is 2.28. The van der Waals surface area contributed by atoms with Gasteiger partial charge in [0.1, 0.15) is 0 Å². The molecule has 1 rings (SSSR count). The van der Waals surface area contributed by atoms with Crippen LogP contribution in [0.25, 0.3) is 0 Å². The topological polar surface area (TPSA) is 43.8 Å². The Labute approximate surface area is 102 Å². The third-order valence-corrected chi connectivity index (χ3v) is 2.66. The van der Waals surface area contributed by atoms with E-state index >= 15 is 0 Å². The maximum absolute atomic E-state index is 10.7. The number of benzene rings is 1. The van der Waals surface area contributed by atoms with Gasteiger partial charge in [0, 0.05) is 26.3 Å². The Morgan fingerprint density at radius 2 is 1.82 bits per heavy atom. The van der Waals surface area contributed by atoms with Gasteiger partial charge in [0.15, 0.2) is 0 Å². The molecule has 0 aliphatic heterocycles. The molecule has 0 heterocycles. The highest BCUT2D eigenvalue weighted by Gasteiger charge is 2.08. The van der Waals surface area contributed by atoms with Crippen LogP contribution in [0.2, 0.25) is 0 Å². The number of hydrogen-bond acceptors (Lipinski definition) is 3. The molecule has 0 aliphatic rings. The molecule has 1 N–H and O–H groups in total. The predicted molar refractivity (Wildman–Crippen MR) is 69.4 cm³/mol. The Morgan fingerprint density at radius 1 is 1.24 bits per heavy atom. The van der Waals surface area contributed by atoms with Crippen molar-refractivity contribution in [2.45, 2.75) is 13.5 Å². The maximum Gasteiger partial charge on any atom is 0.317 e. The van der Waals surface area contributed by atoms with Crippen molar-refractivity contribution in [1.29, 1.82) is 0 Å². The van der Waals surface area contributed by atoms with Crippen molar-refractivity contribution in [3.05, 3.63) is 29.8 Å². The molecule has 0 amide bonds. The summed E-state index contributed by atoms with van der Waals surface area (Å²) < 4.78 is 0. The number of carboxylic acid groups (broad SMARTS) is 1. The van der Waals surface area contributed by atoms with Gasteiger partial charge in [-0.2, -0.15) is 0 Å². The maximum atomic E-state index is 10.7. The van der Waals surface area contributed by atoms with Gasteiger partial charge in [0.05, 0.1) is 6.54 Å². The molecule has 0 saturated heterocycles. The molecule has 0 aromatic heterocycles. The van der Waals surface area contributed by atoms with E-state index in [0.717, 1.165) is 17.8 Å². The van der Waals surface area contributed by atoms with Gasteiger partial charge in [-0.1, -0.05) is 19.1 Å². The molecule has 94 valence electrons. The lowest BCUT2D eigenvalue weighted by Gasteiger charge is -2.19. The third-order valence-electron chi connectivity index (χ3n) is 2.66. The van der Waals surface area contributed by atoms with Crippen LogP contribution >= 0.6 is 0 Å². The molecule has 17 heavy (non-hydrogen) atoms. The Morgan fingerprint density at radius 3 is 2.24 bits per heavy atom. The van der Waals surface area contributed by atoms with Crippen LogP contribution in [0.5, 0.6) is 0 Å². The number of rotatable bonds is 6. The first-order valence-corrected chi connectivity index (χ1v) is 5.73. The second-order valence-electron chi connectivity index (χ2n) is 4.26. The molecule has 0 bridgehead atoms. The molecule has 0 aliphatic carbocycles. The van der Waals surface area contributed by atoms with E-state index in [4.69, 9.17) is 5.11 Å². The van der Waals surface area contributed by atoms with Crippen LogP contribution in [0.4, 0.5) is 5.69 Å². The average molecular weight is 236 g/mol. The number of nitrogens with zero attached hydrogens (tertiary/aromatic N) is 2. The van der Waals surface area contributed by atoms with Gasteiger partial charge in [-0.25, -0.2) is 0 Å². The summed E-state index contributed by atoms with van der Waals surface area (Å²) in [6, 6.07) is 8.17. The summed E-state index contributed by atoms with van der Waals surface area (Å²) in [5.74, 6) is -0.781. The van der Waals surface area contributed by atoms with E-state index in [1.165, 1.54) is 0 Å². The van der Waals surface area contributed by atoms with Crippen molar-refractivity contribution in [3.8, 4) is 0 Å². The minimum absolute atomic E-state index is 0.0892. The molecule has 0 spiro atoms. The van der Waals surface area contributed by atoms with Crippen LogP contribution in [-0.2, 0) is 11.3 Å². The molecule has 4 nitrogen and oxygen atoms in total. The van der Waals surface area contributed by atoms with E-state index in [2.05, 4.69) is 0 Å². The normalized spacial score (nSPS) is 10.6. The largest absolute Gasteiger partial charge is 0.480 e. The predicted octanol–water partition coefficient (Wildman–Crippen LogP) is 1.66. The van der Waals surface area contributed by atoms with Crippen molar-refractivity contribution in [3.63, 3.8) is 0 Å². The molecule has 0 saturated carbocycles. The number of carbonyl (C=O) groups is 1. The zero-order valence-corrected chi connectivity index (χ0v) is 10.7. The summed E-state index contributed by atoms with van der Waals surface area (Å²) in [5.41, 5.74) is 2.29. The van der Waals surface area contributed by atoms with Gasteiger partial charge < -0.3 is 10.0 Å². The number of anilines is 1. The first-order chi connectivity index (χ1) is 8.02. The number of likely N-dealkylation sites (N-methyl/N-ethyl adjacent to an activating group) is 1. The zero-order valence-electron chi connectivity index (χ0n) is 10.7. The van der Waals surface area contributed by atoms with Gasteiger partial charge in [-0.15, -0.1) is 0 Å². The van der Waals surface area contributed by atoms with Gasteiger partial charge in [0.25, 0.3) is 0 Å². The molecule has 0 atom stereocenters. The van der Waals surface area contributed by atoms with Crippen LogP contribution in [-0.4, -0.2) is 43.2 Å². The Bertz CT molecular complexity index is 360. The highest BCUT2D eigenvalue weighted by molar-refractivity contribution is 5.69. The fraction of sp³-hybridized carbons (Fsp3) is 0.462. The summed E-state index contributed by atoms with van der Waals surface area (Å²) in [6.45, 7) is 3.47. The standard InChI is InChI=1S/C13H20N2O2/c1-4-15(10-13(16)17)9-11-5-7-12(8-6-11)14(2)3/h5-8H,4,9-10H2,1-3H3,(H,16,17). The van der Waals surface area contributed by atoms with Gasteiger partial charge in [-0.3, -0.25) is 9.69 Å². The SMILES string of the molecule is CCN(CC(=O)O)Cc1ccc(N(C)C)cc1. The van der Waals surface area contributed by atoms with Crippen molar-refractivity contribution < 1.29 is 9.90 Å². The van der Waals surface area contributed by atoms with E-state index in [9.17, 15) is 4.79 Å². The molecule has 4 heteroatoms. The van der Waals surface area contributed by atoms with Crippen molar-refractivity contribution in [1.82, 2.24) is 4.90 Å². The summed E-state index contributed by atoms with van der Waals surface area (Å²) in [5, 5.41) is 8.76. The minimum Gasteiger partial charge on any atom is -0.480 e. The second kappa shape index (κ2) is 6.25. The molecule has 0 radical (unpaired) electrons. The third kappa shape index (κ3) is 4.44. The Hall–Kier alpha value is -1.55. The van der Waals surface area contributed by atoms with E-state index < -0.39 is 5.97 Å². The van der Waals surface area contributed by atoms with Crippen LogP contribution in [0.1, 0.15) is 12.5 Å². The van der Waals surface area contributed by atoms with Crippen molar-refractivity contribution in [2.75, 3.05) is 32.1 Å². The molecule has 0 fully saturated rings. The monoisotopic (exact) mass is 236 g/mol. The molecular weight excluding hydrogens is 216 g/mol. The van der Waals surface area contributed by atoms with E-state index in [0.29, 0.717) is 6.54 Å². The van der Waals surface area contributed by atoms with Crippen LogP contribution in [0, 0.1) is 0 Å². The summed E-state index contributed by atoms with van der Waals surface area (Å²) in [6.07, 6.45) is 0. The highest BCUT2D eigenvalue weighted by atomic mass is 16.4. The zero-order chi connectivity index (χ0) is 12.8. The summed E-state index contributed by atoms with van der Waals surface area (Å²) >= 11 is 0. The van der Waals surface area contributed by atoms with E-state index in [1.807, 2.05) is 55.1 Å². The van der Waals surface area contributed by atoms with E-state index in [-0.39, 0.29) is 6.54 Å². The molecular formula is C13H20N2O2. The fourth-order valence-corrected chi connectivity index (χ4v) is 1.63. The van der Waals surface area contributed by atoms with Crippen molar-refractivity contribution >= 4 is 11.7 Å². The van der Waals surface area contributed by atoms with Crippen LogP contribution in [0.15, 0.2) is 24.3 Å². The number of carboxylic acids is 1. The fourth-order valence-electron chi connectivity index (χ4n) is 1.63. The second-order valence-corrected chi connectivity index (χ2v) is 4.26. The molecule has 1 aromatic carbocycles.